The lowest BCUT2D eigenvalue weighted by Gasteiger charge is -2.24. The number of ether oxygens (including phenoxy) is 1. The highest BCUT2D eigenvalue weighted by Crippen LogP contribution is 2.31. The van der Waals surface area contributed by atoms with E-state index in [1.54, 1.807) is 36.5 Å². The Morgan fingerprint density at radius 3 is 2.38 bits per heavy atom. The number of sulfonamides is 1. The van der Waals surface area contributed by atoms with Crippen LogP contribution in [-0.4, -0.2) is 38.8 Å². The van der Waals surface area contributed by atoms with Gasteiger partial charge in [0.2, 0.25) is 0 Å². The predicted octanol–water partition coefficient (Wildman–Crippen LogP) is 5.83. The lowest BCUT2D eigenvalue weighted by atomic mass is 10.2. The zero-order chi connectivity index (χ0) is 29.0. The third-order valence-electron chi connectivity index (χ3n) is 6.54. The van der Waals surface area contributed by atoms with Gasteiger partial charge in [0, 0.05) is 22.6 Å². The van der Waals surface area contributed by atoms with Crippen molar-refractivity contribution in [2.75, 3.05) is 18.0 Å². The number of amides is 1. The van der Waals surface area contributed by atoms with Crippen LogP contribution in [0.1, 0.15) is 28.1 Å². The molecule has 1 aromatic heterocycles. The number of aryl methyl sites for hydroxylation is 3. The molecule has 0 radical (unpaired) electrons. The molecule has 40 heavy (non-hydrogen) atoms. The lowest BCUT2D eigenvalue weighted by molar-refractivity contribution is -0.119. The molecule has 1 N–H and O–H groups in total. The van der Waals surface area contributed by atoms with Crippen molar-refractivity contribution in [2.45, 2.75) is 32.6 Å². The summed E-state index contributed by atoms with van der Waals surface area (Å²) in [6.07, 6.45) is 1.57. The van der Waals surface area contributed by atoms with E-state index in [4.69, 9.17) is 4.74 Å². The van der Waals surface area contributed by atoms with E-state index in [9.17, 15) is 13.2 Å². The van der Waals surface area contributed by atoms with Crippen molar-refractivity contribution < 1.29 is 17.9 Å². The minimum atomic E-state index is -4.10. The number of aromatic nitrogens is 1. The minimum absolute atomic E-state index is 0.0145. The van der Waals surface area contributed by atoms with E-state index in [0.717, 1.165) is 38.1 Å². The Balaban J connectivity index is 1.58. The maximum absolute atomic E-state index is 13.7. The van der Waals surface area contributed by atoms with Gasteiger partial charge >= 0.3 is 0 Å². The van der Waals surface area contributed by atoms with Crippen LogP contribution in [-0.2, 0) is 14.8 Å². The molecule has 0 spiro atoms. The average Bonchev–Trinajstić information content (AvgIpc) is 3.20. The van der Waals surface area contributed by atoms with E-state index in [-0.39, 0.29) is 4.90 Å². The molecule has 0 atom stereocenters. The van der Waals surface area contributed by atoms with E-state index < -0.39 is 22.5 Å². The summed E-state index contributed by atoms with van der Waals surface area (Å²) in [5, 5.41) is 4.14. The van der Waals surface area contributed by atoms with Crippen molar-refractivity contribution in [3.63, 3.8) is 0 Å². The van der Waals surface area contributed by atoms with Crippen molar-refractivity contribution >= 4 is 43.8 Å². The molecular weight excluding hydrogens is 592 g/mol. The highest BCUT2D eigenvalue weighted by Gasteiger charge is 2.28. The second-order valence-corrected chi connectivity index (χ2v) is 12.1. The first-order valence-electron chi connectivity index (χ1n) is 12.5. The molecule has 208 valence electrons. The largest absolute Gasteiger partial charge is 0.496 e. The van der Waals surface area contributed by atoms with Crippen molar-refractivity contribution in [1.29, 1.82) is 0 Å². The van der Waals surface area contributed by atoms with Gasteiger partial charge in [-0.05, 0) is 91.7 Å². The Bertz CT molecular complexity index is 1680. The first kappa shape index (κ1) is 29.1. The van der Waals surface area contributed by atoms with Gasteiger partial charge in [0.25, 0.3) is 15.9 Å². The molecule has 0 bridgehead atoms. The minimum Gasteiger partial charge on any atom is -0.496 e. The monoisotopic (exact) mass is 622 g/mol. The fourth-order valence-corrected chi connectivity index (χ4v) is 6.54. The van der Waals surface area contributed by atoms with Gasteiger partial charge in [-0.1, -0.05) is 35.9 Å². The standard InChI is InChI=1S/C30H31BrN4O4S/c1-20-10-12-25(13-11-20)34(40(37,38)26-14-15-29(39-5)27(31)17-26)19-30(36)33-32-18-24-16-22(3)35(23(24)4)28-9-7-6-8-21(28)2/h6-18H,19H2,1-5H3,(H,33,36)/b32-18-. The van der Waals surface area contributed by atoms with Gasteiger partial charge in [-0.25, -0.2) is 13.8 Å². The second-order valence-electron chi connectivity index (χ2n) is 9.39. The van der Waals surface area contributed by atoms with Crippen LogP contribution < -0.4 is 14.5 Å². The highest BCUT2D eigenvalue weighted by atomic mass is 79.9. The van der Waals surface area contributed by atoms with E-state index in [2.05, 4.69) is 50.1 Å². The zero-order valence-corrected chi connectivity index (χ0v) is 25.4. The number of hydrogen-bond acceptors (Lipinski definition) is 5. The molecule has 8 nitrogen and oxygen atoms in total. The summed E-state index contributed by atoms with van der Waals surface area (Å²) in [4.78, 5) is 13.0. The molecule has 1 amide bonds. The van der Waals surface area contributed by atoms with E-state index in [0.29, 0.717) is 15.9 Å². The number of para-hydroxylation sites is 1. The molecule has 0 saturated carbocycles. The SMILES string of the molecule is COc1ccc(S(=O)(=O)N(CC(=O)N/N=C\c2cc(C)n(-c3ccccc3C)c2C)c2ccc(C)cc2)cc1Br. The summed E-state index contributed by atoms with van der Waals surface area (Å²) >= 11 is 3.35. The topological polar surface area (TPSA) is 93.0 Å². The number of rotatable bonds is 9. The molecule has 1 heterocycles. The van der Waals surface area contributed by atoms with E-state index in [1.165, 1.54) is 19.2 Å². The number of carbonyl (C=O) groups excluding carboxylic acids is 1. The Morgan fingerprint density at radius 2 is 1.73 bits per heavy atom. The van der Waals surface area contributed by atoms with Crippen LogP contribution in [0.25, 0.3) is 5.69 Å². The molecule has 0 aliphatic rings. The zero-order valence-electron chi connectivity index (χ0n) is 23.0. The molecule has 0 saturated heterocycles. The van der Waals surface area contributed by atoms with E-state index in [1.807, 2.05) is 39.0 Å². The summed E-state index contributed by atoms with van der Waals surface area (Å²) in [5.41, 5.74) is 8.87. The molecule has 4 aromatic rings. The number of methoxy groups -OCH3 is 1. The quantitative estimate of drug-likeness (QED) is 0.188. The summed E-state index contributed by atoms with van der Waals surface area (Å²) in [5.74, 6) is -0.0876. The molecule has 0 aliphatic heterocycles. The number of nitrogens with zero attached hydrogens (tertiary/aromatic N) is 3. The maximum atomic E-state index is 13.7. The van der Waals surface area contributed by atoms with Gasteiger partial charge in [-0.2, -0.15) is 5.10 Å². The number of carbonyl (C=O) groups is 1. The Kier molecular flexibility index (Phi) is 8.80. The van der Waals surface area contributed by atoms with E-state index >= 15 is 0 Å². The smallest absolute Gasteiger partial charge is 0.264 e. The number of anilines is 1. The molecular formula is C30H31BrN4O4S. The number of nitrogens with one attached hydrogen (secondary N) is 1. The lowest BCUT2D eigenvalue weighted by Crippen LogP contribution is -2.39. The van der Waals surface area contributed by atoms with Crippen molar-refractivity contribution in [3.8, 4) is 11.4 Å². The Labute approximate surface area is 243 Å². The average molecular weight is 624 g/mol. The van der Waals surface area contributed by atoms with Crippen LogP contribution >= 0.6 is 15.9 Å². The van der Waals surface area contributed by atoms with Gasteiger partial charge in [-0.3, -0.25) is 9.10 Å². The summed E-state index contributed by atoms with van der Waals surface area (Å²) in [6.45, 7) is 7.49. The summed E-state index contributed by atoms with van der Waals surface area (Å²) in [7, 11) is -2.60. The number of halogens is 1. The molecule has 0 aliphatic carbocycles. The highest BCUT2D eigenvalue weighted by molar-refractivity contribution is 9.10. The van der Waals surface area contributed by atoms with Crippen LogP contribution in [0.2, 0.25) is 0 Å². The maximum Gasteiger partial charge on any atom is 0.264 e. The normalized spacial score (nSPS) is 11.6. The van der Waals surface area contributed by atoms with Crippen LogP contribution in [0, 0.1) is 27.7 Å². The molecule has 4 rings (SSSR count). The molecule has 10 heteroatoms. The van der Waals surface area contributed by atoms with Crippen molar-refractivity contribution in [3.05, 3.63) is 105 Å². The fraction of sp³-hybridized carbons (Fsp3) is 0.200. The van der Waals surface area contributed by atoms with Crippen molar-refractivity contribution in [2.24, 2.45) is 5.10 Å². The van der Waals surface area contributed by atoms with Gasteiger partial charge in [0.05, 0.1) is 28.4 Å². The summed E-state index contributed by atoms with van der Waals surface area (Å²) < 4.78 is 36.3. The van der Waals surface area contributed by atoms with Crippen LogP contribution in [0.3, 0.4) is 0 Å². The third kappa shape index (κ3) is 6.13. The third-order valence-corrected chi connectivity index (χ3v) is 8.93. The number of hydrogen-bond donors (Lipinski definition) is 1. The van der Waals surface area contributed by atoms with Gasteiger partial charge < -0.3 is 9.30 Å². The Hall–Kier alpha value is -3.89. The fourth-order valence-electron chi connectivity index (χ4n) is 4.40. The molecule has 0 fully saturated rings. The van der Waals surface area contributed by atoms with Gasteiger partial charge in [0.15, 0.2) is 0 Å². The Morgan fingerprint density at radius 1 is 1.02 bits per heavy atom. The number of hydrazone groups is 1. The van der Waals surface area contributed by atoms with Crippen LogP contribution in [0.5, 0.6) is 5.75 Å². The van der Waals surface area contributed by atoms with Gasteiger partial charge in [0.1, 0.15) is 12.3 Å². The van der Waals surface area contributed by atoms with Crippen LogP contribution in [0.15, 0.2) is 87.3 Å². The predicted molar refractivity (Wildman–Crippen MR) is 162 cm³/mol. The van der Waals surface area contributed by atoms with Crippen molar-refractivity contribution in [1.82, 2.24) is 9.99 Å². The molecule has 0 unspecified atom stereocenters. The van der Waals surface area contributed by atoms with Gasteiger partial charge in [-0.15, -0.1) is 0 Å². The first-order valence-corrected chi connectivity index (χ1v) is 14.8. The summed E-state index contributed by atoms with van der Waals surface area (Å²) in [6, 6.07) is 21.5. The van der Waals surface area contributed by atoms with Crippen LogP contribution in [0.4, 0.5) is 5.69 Å². The molecule has 3 aromatic carbocycles. The number of benzene rings is 3. The second kappa shape index (κ2) is 12.1. The first-order chi connectivity index (χ1) is 19.0.